The maximum atomic E-state index is 10.9. The Morgan fingerprint density at radius 1 is 1.33 bits per heavy atom. The molecule has 1 nitrogen and oxygen atoms in total. The molecule has 1 heteroatoms. The Morgan fingerprint density at radius 3 is 2.75 bits per heavy atom. The van der Waals surface area contributed by atoms with Crippen LogP contribution in [0.2, 0.25) is 0 Å². The fraction of sp³-hybridized carbons (Fsp3) is 0.909. The van der Waals surface area contributed by atoms with E-state index in [0.29, 0.717) is 5.78 Å². The molecule has 0 saturated heterocycles. The summed E-state index contributed by atoms with van der Waals surface area (Å²) in [6, 6.07) is 0. The van der Waals surface area contributed by atoms with Crippen molar-refractivity contribution in [1.82, 2.24) is 0 Å². The van der Waals surface area contributed by atoms with E-state index in [2.05, 4.69) is 6.92 Å². The third-order valence-corrected chi connectivity index (χ3v) is 2.81. The van der Waals surface area contributed by atoms with E-state index in [0.717, 1.165) is 18.8 Å². The summed E-state index contributed by atoms with van der Waals surface area (Å²) in [5.41, 5.74) is 0. The fourth-order valence-corrected chi connectivity index (χ4v) is 2.00. The highest BCUT2D eigenvalue weighted by Gasteiger charge is 2.20. The SMILES string of the molecule is CCCCCCC1CC[13C](=O)C1. The second-order valence-corrected chi connectivity index (χ2v) is 4.00. The van der Waals surface area contributed by atoms with Crippen molar-refractivity contribution in [3.05, 3.63) is 0 Å². The first kappa shape index (κ1) is 9.76. The highest BCUT2D eigenvalue weighted by atomic mass is 16.2. The molecule has 0 heterocycles. The minimum atomic E-state index is 0.496. The van der Waals surface area contributed by atoms with Gasteiger partial charge in [-0.15, -0.1) is 0 Å². The number of hydrogen-bond acceptors (Lipinski definition) is 1. The summed E-state index contributed by atoms with van der Waals surface area (Å²) in [4.78, 5) is 10.9. The largest absolute Gasteiger partial charge is 0.300 e. The average Bonchev–Trinajstić information content (AvgIpc) is 2.45. The lowest BCUT2D eigenvalue weighted by molar-refractivity contribution is -0.117. The molecule has 0 aliphatic heterocycles. The highest BCUT2D eigenvalue weighted by Crippen LogP contribution is 2.26. The zero-order valence-corrected chi connectivity index (χ0v) is 8.14. The molecule has 0 N–H and O–H groups in total. The number of ketones is 1. The topological polar surface area (TPSA) is 17.1 Å². The molecule has 1 atom stereocenters. The van der Waals surface area contributed by atoms with Gasteiger partial charge in [0.2, 0.25) is 0 Å². The lowest BCUT2D eigenvalue weighted by atomic mass is 10.0. The van der Waals surface area contributed by atoms with E-state index in [1.54, 1.807) is 0 Å². The third-order valence-electron chi connectivity index (χ3n) is 2.81. The molecule has 12 heavy (non-hydrogen) atoms. The zero-order chi connectivity index (χ0) is 8.81. The number of carbonyl (C=O) groups excluding carboxylic acids is 1. The summed E-state index contributed by atoms with van der Waals surface area (Å²) in [7, 11) is 0. The van der Waals surface area contributed by atoms with Gasteiger partial charge in [-0.25, -0.2) is 0 Å². The summed E-state index contributed by atoms with van der Waals surface area (Å²) in [6.07, 6.45) is 9.58. The van der Waals surface area contributed by atoms with Gasteiger partial charge in [-0.3, -0.25) is 4.79 Å². The minimum Gasteiger partial charge on any atom is -0.300 e. The maximum Gasteiger partial charge on any atom is 0.133 e. The molecule has 1 fully saturated rings. The molecule has 1 unspecified atom stereocenters. The van der Waals surface area contributed by atoms with E-state index in [1.165, 1.54) is 38.5 Å². The molecule has 0 spiro atoms. The number of carbonyl (C=O) groups is 1. The standard InChI is InChI=1S/C11H20O/c1-2-3-4-5-6-10-7-8-11(12)9-10/h10H,2-9H2,1H3/i11+1. The molecule has 1 aliphatic rings. The van der Waals surface area contributed by atoms with Gasteiger partial charge in [-0.1, -0.05) is 39.0 Å². The normalized spacial score (nSPS) is 23.4. The number of unbranched alkanes of at least 4 members (excludes halogenated alkanes) is 3. The Kier molecular flexibility index (Phi) is 4.34. The summed E-state index contributed by atoms with van der Waals surface area (Å²) in [6.45, 7) is 2.24. The van der Waals surface area contributed by atoms with Crippen LogP contribution < -0.4 is 0 Å². The van der Waals surface area contributed by atoms with Crippen molar-refractivity contribution in [2.45, 2.75) is 58.3 Å². The number of rotatable bonds is 5. The van der Waals surface area contributed by atoms with Gasteiger partial charge in [-0.05, 0) is 12.3 Å². The van der Waals surface area contributed by atoms with Gasteiger partial charge in [0, 0.05) is 12.8 Å². The van der Waals surface area contributed by atoms with Gasteiger partial charge in [0.15, 0.2) is 0 Å². The van der Waals surface area contributed by atoms with Crippen LogP contribution in [0.25, 0.3) is 0 Å². The summed E-state index contributed by atoms with van der Waals surface area (Å²) in [5.74, 6) is 1.24. The molecule has 1 rings (SSSR count). The molecule has 70 valence electrons. The van der Waals surface area contributed by atoms with Crippen LogP contribution in [0.4, 0.5) is 0 Å². The minimum absolute atomic E-state index is 0.496. The summed E-state index contributed by atoms with van der Waals surface area (Å²) in [5, 5.41) is 0. The first-order valence-electron chi connectivity index (χ1n) is 5.34. The molecule has 0 aromatic carbocycles. The van der Waals surface area contributed by atoms with Crippen LogP contribution in [0.1, 0.15) is 58.3 Å². The van der Waals surface area contributed by atoms with Crippen molar-refractivity contribution >= 4 is 5.78 Å². The summed E-state index contributed by atoms with van der Waals surface area (Å²) < 4.78 is 0. The molecule has 0 amide bonds. The molecule has 0 aromatic heterocycles. The van der Waals surface area contributed by atoms with E-state index < -0.39 is 0 Å². The van der Waals surface area contributed by atoms with Crippen molar-refractivity contribution in [3.63, 3.8) is 0 Å². The molecule has 0 radical (unpaired) electrons. The highest BCUT2D eigenvalue weighted by molar-refractivity contribution is 5.80. The molecule has 0 bridgehead atoms. The van der Waals surface area contributed by atoms with Crippen molar-refractivity contribution in [2.24, 2.45) is 5.92 Å². The van der Waals surface area contributed by atoms with Gasteiger partial charge in [0.25, 0.3) is 0 Å². The van der Waals surface area contributed by atoms with Crippen LogP contribution in [0.15, 0.2) is 0 Å². The smallest absolute Gasteiger partial charge is 0.133 e. The van der Waals surface area contributed by atoms with Crippen LogP contribution in [0.3, 0.4) is 0 Å². The predicted octanol–water partition coefficient (Wildman–Crippen LogP) is 3.33. The quantitative estimate of drug-likeness (QED) is 0.455. The summed E-state index contributed by atoms with van der Waals surface area (Å²) >= 11 is 0. The second-order valence-electron chi connectivity index (χ2n) is 4.00. The van der Waals surface area contributed by atoms with E-state index in [4.69, 9.17) is 0 Å². The van der Waals surface area contributed by atoms with Crippen LogP contribution >= 0.6 is 0 Å². The zero-order valence-electron chi connectivity index (χ0n) is 8.14. The van der Waals surface area contributed by atoms with Gasteiger partial charge in [0.05, 0.1) is 0 Å². The lowest BCUT2D eigenvalue weighted by Gasteiger charge is -2.06. The number of hydrogen-bond donors (Lipinski definition) is 0. The number of Topliss-reactive ketones (excluding diaryl/α,β-unsaturated/α-hetero) is 1. The second kappa shape index (κ2) is 5.34. The van der Waals surface area contributed by atoms with Crippen LogP contribution in [-0.2, 0) is 4.79 Å². The van der Waals surface area contributed by atoms with E-state index in [-0.39, 0.29) is 0 Å². The van der Waals surface area contributed by atoms with Gasteiger partial charge in [-0.2, -0.15) is 0 Å². The Hall–Kier alpha value is -0.330. The van der Waals surface area contributed by atoms with Crippen molar-refractivity contribution in [3.8, 4) is 0 Å². The van der Waals surface area contributed by atoms with Crippen LogP contribution in [0.5, 0.6) is 0 Å². The van der Waals surface area contributed by atoms with Crippen LogP contribution in [-0.4, -0.2) is 5.78 Å². The first-order chi connectivity index (χ1) is 5.83. The molecule has 1 aliphatic carbocycles. The predicted molar refractivity (Wildman–Crippen MR) is 51.1 cm³/mol. The van der Waals surface area contributed by atoms with Crippen LogP contribution in [0, 0.1) is 5.92 Å². The Balaban J connectivity index is 1.97. The van der Waals surface area contributed by atoms with Crippen molar-refractivity contribution in [2.75, 3.05) is 0 Å². The van der Waals surface area contributed by atoms with E-state index >= 15 is 0 Å². The monoisotopic (exact) mass is 169 g/mol. The van der Waals surface area contributed by atoms with Crippen molar-refractivity contribution in [1.29, 1.82) is 0 Å². The lowest BCUT2D eigenvalue weighted by Crippen LogP contribution is -1.94. The first-order valence-corrected chi connectivity index (χ1v) is 5.34. The van der Waals surface area contributed by atoms with E-state index in [9.17, 15) is 4.79 Å². The molecular weight excluding hydrogens is 149 g/mol. The third kappa shape index (κ3) is 3.38. The Morgan fingerprint density at radius 2 is 2.17 bits per heavy atom. The Labute approximate surface area is 75.5 Å². The average molecular weight is 169 g/mol. The maximum absolute atomic E-state index is 10.9. The van der Waals surface area contributed by atoms with Crippen molar-refractivity contribution < 1.29 is 4.79 Å². The molecule has 1 saturated carbocycles. The van der Waals surface area contributed by atoms with Gasteiger partial charge >= 0.3 is 0 Å². The van der Waals surface area contributed by atoms with E-state index in [1.807, 2.05) is 0 Å². The Bertz CT molecular complexity index is 140. The fourth-order valence-electron chi connectivity index (χ4n) is 2.00. The van der Waals surface area contributed by atoms with Gasteiger partial charge in [0.1, 0.15) is 5.78 Å². The molecular formula is C11H20O. The van der Waals surface area contributed by atoms with Gasteiger partial charge < -0.3 is 0 Å². The molecule has 0 aromatic rings.